The number of carboxylic acids is 1. The minimum atomic E-state index is -3.19. The van der Waals surface area contributed by atoms with Crippen LogP contribution in [0.25, 0.3) is 10.4 Å². The molecule has 0 radical (unpaired) electrons. The van der Waals surface area contributed by atoms with Crippen molar-refractivity contribution in [3.8, 4) is 10.4 Å². The minimum absolute atomic E-state index is 0. The Kier molecular flexibility index (Phi) is 5.60. The molecule has 0 aliphatic heterocycles. The maximum atomic E-state index is 11.7. The van der Waals surface area contributed by atoms with E-state index in [9.17, 15) is 18.3 Å². The Morgan fingerprint density at radius 3 is 2.25 bits per heavy atom. The van der Waals surface area contributed by atoms with E-state index in [0.717, 1.165) is 10.4 Å². The summed E-state index contributed by atoms with van der Waals surface area (Å²) in [5.41, 5.74) is 0.884. The monoisotopic (exact) mass is 302 g/mol. The van der Waals surface area contributed by atoms with Crippen LogP contribution < -0.4 is 24.0 Å². The van der Waals surface area contributed by atoms with Gasteiger partial charge in [-0.2, -0.15) is 0 Å². The summed E-state index contributed by atoms with van der Waals surface area (Å²) in [6.07, 6.45) is 0. The van der Waals surface area contributed by atoms with Crippen molar-refractivity contribution < 1.29 is 37.2 Å². The van der Waals surface area contributed by atoms with Gasteiger partial charge in [-0.1, -0.05) is 31.2 Å². The van der Waals surface area contributed by atoms with Gasteiger partial charge in [0.05, 0.1) is 11.7 Å². The fraction of sp³-hybridized carbons (Fsp3) is 0.154. The molecule has 7 heteroatoms. The molecule has 0 aliphatic rings. The summed E-state index contributed by atoms with van der Waals surface area (Å²) in [7, 11) is -3.19. The fourth-order valence-electron chi connectivity index (χ4n) is 1.56. The van der Waals surface area contributed by atoms with Gasteiger partial charge in [0.1, 0.15) is 4.21 Å². The van der Waals surface area contributed by atoms with Gasteiger partial charge >= 0.3 is 18.9 Å². The van der Waals surface area contributed by atoms with E-state index in [1.807, 2.05) is 0 Å². The minimum Gasteiger partial charge on any atom is -0.545 e. The molecule has 4 nitrogen and oxygen atoms in total. The summed E-state index contributed by atoms with van der Waals surface area (Å²) in [5, 5.41) is 10.6. The normalized spacial score (nSPS) is 10.8. The smallest absolute Gasteiger partial charge is 0.545 e. The topological polar surface area (TPSA) is 74.3 Å². The molecule has 0 aliphatic carbocycles. The zero-order valence-corrected chi connectivity index (χ0v) is 12.8. The van der Waals surface area contributed by atoms with Gasteiger partial charge in [-0.15, -0.1) is 11.3 Å². The molecule has 0 atom stereocenters. The van der Waals surface area contributed by atoms with Crippen molar-refractivity contribution in [3.05, 3.63) is 42.0 Å². The third-order valence-corrected chi connectivity index (χ3v) is 6.12. The molecule has 0 spiro atoms. The molecule has 0 fully saturated rings. The molecule has 20 heavy (non-hydrogen) atoms. The van der Waals surface area contributed by atoms with E-state index in [1.165, 1.54) is 23.5 Å². The molecule has 0 amide bonds. The van der Waals surface area contributed by atoms with Gasteiger partial charge in [0.25, 0.3) is 0 Å². The van der Waals surface area contributed by atoms with Crippen molar-refractivity contribution in [1.29, 1.82) is 0 Å². The molecule has 1 aromatic heterocycles. The summed E-state index contributed by atoms with van der Waals surface area (Å²) in [5.74, 6) is -1.16. The van der Waals surface area contributed by atoms with Gasteiger partial charge in [0.15, 0.2) is 9.84 Å². The van der Waals surface area contributed by atoms with Crippen molar-refractivity contribution >= 4 is 27.1 Å². The van der Waals surface area contributed by atoms with Crippen LogP contribution in [0.2, 0.25) is 0 Å². The van der Waals surface area contributed by atoms with Crippen molar-refractivity contribution in [1.82, 2.24) is 0 Å². The van der Waals surface area contributed by atoms with E-state index < -0.39 is 15.8 Å². The fourth-order valence-corrected chi connectivity index (χ4v) is 3.99. The van der Waals surface area contributed by atoms with Crippen molar-refractivity contribution in [2.24, 2.45) is 0 Å². The second kappa shape index (κ2) is 6.59. The molecule has 2 rings (SSSR count). The number of carbonyl (C=O) groups excluding carboxylic acids is 1. The maximum absolute atomic E-state index is 11.7. The van der Waals surface area contributed by atoms with Gasteiger partial charge in [0, 0.05) is 4.88 Å². The quantitative estimate of drug-likeness (QED) is 0.650. The van der Waals surface area contributed by atoms with E-state index >= 15 is 0 Å². The molecule has 0 N–H and O–H groups in total. The SMILES string of the molecule is CCS(=O)(=O)c1ccc(-c2ccc(C(=O)[O-])cc2)s1.[Li+]. The maximum Gasteiger partial charge on any atom is 1.00 e. The molecule has 100 valence electrons. The first-order valence-corrected chi connectivity index (χ1v) is 8.05. The van der Waals surface area contributed by atoms with E-state index in [4.69, 9.17) is 0 Å². The van der Waals surface area contributed by atoms with Gasteiger partial charge in [0.2, 0.25) is 0 Å². The van der Waals surface area contributed by atoms with Crippen LogP contribution in [-0.4, -0.2) is 20.1 Å². The first kappa shape index (κ1) is 17.0. The Morgan fingerprint density at radius 1 is 1.15 bits per heavy atom. The van der Waals surface area contributed by atoms with Crippen LogP contribution in [0.15, 0.2) is 40.6 Å². The summed E-state index contributed by atoms with van der Waals surface area (Å²) < 4.78 is 23.8. The van der Waals surface area contributed by atoms with E-state index in [2.05, 4.69) is 0 Å². The van der Waals surface area contributed by atoms with Crippen molar-refractivity contribution in [2.45, 2.75) is 11.1 Å². The van der Waals surface area contributed by atoms with Crippen molar-refractivity contribution in [3.63, 3.8) is 0 Å². The van der Waals surface area contributed by atoms with Crippen LogP contribution in [0.3, 0.4) is 0 Å². The number of sulfone groups is 1. The van der Waals surface area contributed by atoms with Crippen molar-refractivity contribution in [2.75, 3.05) is 5.75 Å². The Morgan fingerprint density at radius 2 is 1.75 bits per heavy atom. The predicted octanol–water partition coefficient (Wildman–Crippen LogP) is -1.42. The Hall–Kier alpha value is -1.06. The van der Waals surface area contributed by atoms with Crippen LogP contribution in [0, 0.1) is 0 Å². The van der Waals surface area contributed by atoms with Gasteiger partial charge in [-0.3, -0.25) is 0 Å². The number of carboxylic acid groups (broad SMARTS) is 1. The Labute approximate surface area is 133 Å². The van der Waals surface area contributed by atoms with Crippen LogP contribution in [0.1, 0.15) is 17.3 Å². The van der Waals surface area contributed by atoms with Crippen LogP contribution >= 0.6 is 11.3 Å². The van der Waals surface area contributed by atoms with E-state index in [0.29, 0.717) is 4.21 Å². The first-order valence-electron chi connectivity index (χ1n) is 5.58. The number of aromatic carboxylic acids is 1. The molecule has 2 aromatic rings. The average molecular weight is 302 g/mol. The standard InChI is InChI=1S/C13H12O4S2.Li/c1-2-19(16,17)12-8-7-11(18-12)9-3-5-10(6-4-9)13(14)15;/h3-8H,2H2,1H3,(H,14,15);/q;+1/p-1. The summed E-state index contributed by atoms with van der Waals surface area (Å²) in [4.78, 5) is 11.4. The predicted molar refractivity (Wildman–Crippen MR) is 71.8 cm³/mol. The molecular formula is C13H11LiO4S2. The molecule has 0 saturated heterocycles. The number of benzene rings is 1. The molecule has 0 saturated carbocycles. The number of rotatable bonds is 4. The molecule has 0 unspecified atom stereocenters. The van der Waals surface area contributed by atoms with Crippen LogP contribution in [-0.2, 0) is 9.84 Å². The largest absolute Gasteiger partial charge is 1.00 e. The number of hydrogen-bond donors (Lipinski definition) is 0. The molecule has 0 bridgehead atoms. The van der Waals surface area contributed by atoms with Gasteiger partial charge in [-0.05, 0) is 23.3 Å². The van der Waals surface area contributed by atoms with Gasteiger partial charge < -0.3 is 9.90 Å². The van der Waals surface area contributed by atoms with E-state index in [1.54, 1.807) is 31.2 Å². The van der Waals surface area contributed by atoms with Crippen LogP contribution in [0.4, 0.5) is 0 Å². The average Bonchev–Trinajstić information content (AvgIpc) is 2.89. The summed E-state index contributed by atoms with van der Waals surface area (Å²) in [6, 6.07) is 9.46. The number of hydrogen-bond acceptors (Lipinski definition) is 5. The number of carbonyl (C=O) groups is 1. The van der Waals surface area contributed by atoms with E-state index in [-0.39, 0.29) is 30.2 Å². The van der Waals surface area contributed by atoms with Crippen LogP contribution in [0.5, 0.6) is 0 Å². The molecule has 1 aromatic carbocycles. The zero-order chi connectivity index (χ0) is 14.0. The zero-order valence-electron chi connectivity index (χ0n) is 11.1. The third kappa shape index (κ3) is 3.52. The third-order valence-electron chi connectivity index (χ3n) is 2.67. The number of thiophene rings is 1. The molecule has 1 heterocycles. The first-order chi connectivity index (χ1) is 8.94. The van der Waals surface area contributed by atoms with Gasteiger partial charge in [-0.25, -0.2) is 8.42 Å². The second-order valence-electron chi connectivity index (χ2n) is 3.89. The Bertz CT molecular complexity index is 702. The summed E-state index contributed by atoms with van der Waals surface area (Å²) >= 11 is 1.18. The Balaban J connectivity index is 0.00000200. The second-order valence-corrected chi connectivity index (χ2v) is 7.48. The summed E-state index contributed by atoms with van der Waals surface area (Å²) in [6.45, 7) is 1.60. The molecular weight excluding hydrogens is 291 g/mol.